The van der Waals surface area contributed by atoms with Gasteiger partial charge in [-0.15, -0.1) is 0 Å². The molecule has 0 radical (unpaired) electrons. The Hall–Kier alpha value is -2.10. The molecule has 0 atom stereocenters. The minimum atomic E-state index is -0.567. The number of hydrogen-bond donors (Lipinski definition) is 1. The lowest BCUT2D eigenvalue weighted by Crippen LogP contribution is -2.02. The van der Waals surface area contributed by atoms with Gasteiger partial charge in [0, 0.05) is 23.9 Å². The van der Waals surface area contributed by atoms with Gasteiger partial charge in [-0.05, 0) is 37.3 Å². The minimum absolute atomic E-state index is 0.306. The maximum Gasteiger partial charge on any atom is 0.131 e. The average molecular weight is 263 g/mol. The van der Waals surface area contributed by atoms with Gasteiger partial charge in [-0.3, -0.25) is 0 Å². The van der Waals surface area contributed by atoms with Crippen LogP contribution in [0.1, 0.15) is 12.5 Å². The van der Waals surface area contributed by atoms with Gasteiger partial charge in [-0.25, -0.2) is 8.78 Å². The smallest absolute Gasteiger partial charge is 0.131 e. The predicted octanol–water partition coefficient (Wildman–Crippen LogP) is 3.98. The molecule has 0 bridgehead atoms. The van der Waals surface area contributed by atoms with Gasteiger partial charge in [-0.1, -0.05) is 6.07 Å². The topological polar surface area (TPSA) is 21.3 Å². The Bertz CT molecular complexity index is 540. The maximum atomic E-state index is 13.4. The van der Waals surface area contributed by atoms with Crippen molar-refractivity contribution < 1.29 is 13.5 Å². The Labute approximate surface area is 111 Å². The lowest BCUT2D eigenvalue weighted by atomic mass is 10.2. The van der Waals surface area contributed by atoms with E-state index in [-0.39, 0.29) is 0 Å². The third-order valence-corrected chi connectivity index (χ3v) is 2.66. The Morgan fingerprint density at radius 2 is 1.79 bits per heavy atom. The van der Waals surface area contributed by atoms with Crippen LogP contribution in [0.15, 0.2) is 42.5 Å². The molecule has 0 amide bonds. The molecular weight excluding hydrogens is 248 g/mol. The van der Waals surface area contributed by atoms with Crippen molar-refractivity contribution in [2.24, 2.45) is 0 Å². The highest BCUT2D eigenvalue weighted by Gasteiger charge is 2.03. The Morgan fingerprint density at radius 1 is 1.05 bits per heavy atom. The van der Waals surface area contributed by atoms with E-state index in [0.29, 0.717) is 18.7 Å². The van der Waals surface area contributed by atoms with E-state index >= 15 is 0 Å². The minimum Gasteiger partial charge on any atom is -0.494 e. The summed E-state index contributed by atoms with van der Waals surface area (Å²) in [4.78, 5) is 0. The van der Waals surface area contributed by atoms with Crippen molar-refractivity contribution in [3.63, 3.8) is 0 Å². The van der Waals surface area contributed by atoms with E-state index in [2.05, 4.69) is 5.32 Å². The number of hydrogen-bond acceptors (Lipinski definition) is 2. The number of anilines is 1. The first-order chi connectivity index (χ1) is 9.19. The second kappa shape index (κ2) is 6.18. The van der Waals surface area contributed by atoms with Crippen LogP contribution in [0.4, 0.5) is 14.5 Å². The summed E-state index contributed by atoms with van der Waals surface area (Å²) in [5.41, 5.74) is 1.28. The van der Waals surface area contributed by atoms with Crippen molar-refractivity contribution in [3.8, 4) is 5.75 Å². The molecule has 0 aliphatic heterocycles. The zero-order chi connectivity index (χ0) is 13.7. The van der Waals surface area contributed by atoms with E-state index in [1.165, 1.54) is 12.1 Å². The first-order valence-corrected chi connectivity index (χ1v) is 6.09. The second-order valence-corrected chi connectivity index (χ2v) is 4.05. The summed E-state index contributed by atoms with van der Waals surface area (Å²) in [5.74, 6) is -0.318. The van der Waals surface area contributed by atoms with Crippen molar-refractivity contribution in [1.29, 1.82) is 0 Å². The van der Waals surface area contributed by atoms with E-state index in [1.54, 1.807) is 0 Å². The number of ether oxygens (including phenoxy) is 1. The molecule has 1 N–H and O–H groups in total. The zero-order valence-electron chi connectivity index (χ0n) is 10.6. The third-order valence-electron chi connectivity index (χ3n) is 2.66. The van der Waals surface area contributed by atoms with Crippen LogP contribution in [0.25, 0.3) is 0 Å². The molecule has 0 fully saturated rings. The van der Waals surface area contributed by atoms with Crippen LogP contribution < -0.4 is 10.1 Å². The summed E-state index contributed by atoms with van der Waals surface area (Å²) in [6.45, 7) is 2.84. The van der Waals surface area contributed by atoms with Gasteiger partial charge in [-0.2, -0.15) is 0 Å². The summed E-state index contributed by atoms with van der Waals surface area (Å²) < 4.78 is 31.5. The van der Waals surface area contributed by atoms with Crippen LogP contribution in [0.5, 0.6) is 5.75 Å². The summed E-state index contributed by atoms with van der Waals surface area (Å²) in [6.07, 6.45) is 0. The number of halogens is 2. The van der Waals surface area contributed by atoms with Gasteiger partial charge >= 0.3 is 0 Å². The van der Waals surface area contributed by atoms with Crippen LogP contribution in [-0.2, 0) is 6.54 Å². The highest BCUT2D eigenvalue weighted by Crippen LogP contribution is 2.17. The Kier molecular flexibility index (Phi) is 4.34. The quantitative estimate of drug-likeness (QED) is 0.881. The lowest BCUT2D eigenvalue weighted by molar-refractivity contribution is 0.340. The van der Waals surface area contributed by atoms with Gasteiger partial charge in [0.05, 0.1) is 6.61 Å². The number of nitrogens with one attached hydrogen (secondary N) is 1. The fourth-order valence-corrected chi connectivity index (χ4v) is 1.70. The number of benzene rings is 2. The SMILES string of the molecule is CCOc1ccc(NCc2ccc(F)cc2F)cc1. The monoisotopic (exact) mass is 263 g/mol. The third kappa shape index (κ3) is 3.68. The molecule has 2 aromatic rings. The van der Waals surface area contributed by atoms with Gasteiger partial charge in [0.2, 0.25) is 0 Å². The molecule has 0 unspecified atom stereocenters. The van der Waals surface area contributed by atoms with E-state index in [1.807, 2.05) is 31.2 Å². The standard InChI is InChI=1S/C15H15F2NO/c1-2-19-14-7-5-13(6-8-14)18-10-11-3-4-12(16)9-15(11)17/h3-9,18H,2,10H2,1H3. The summed E-state index contributed by atoms with van der Waals surface area (Å²) in [6, 6.07) is 11.0. The highest BCUT2D eigenvalue weighted by atomic mass is 19.1. The molecule has 0 heterocycles. The zero-order valence-corrected chi connectivity index (χ0v) is 10.6. The van der Waals surface area contributed by atoms with Gasteiger partial charge in [0.1, 0.15) is 17.4 Å². The average Bonchev–Trinajstić information content (AvgIpc) is 2.40. The Morgan fingerprint density at radius 3 is 2.42 bits per heavy atom. The molecule has 0 aliphatic carbocycles. The molecule has 2 nitrogen and oxygen atoms in total. The fraction of sp³-hybridized carbons (Fsp3) is 0.200. The van der Waals surface area contributed by atoms with E-state index in [0.717, 1.165) is 17.5 Å². The van der Waals surface area contributed by atoms with Gasteiger partial charge in [0.25, 0.3) is 0 Å². The molecule has 2 rings (SSSR count). The van der Waals surface area contributed by atoms with Crippen LogP contribution in [-0.4, -0.2) is 6.61 Å². The van der Waals surface area contributed by atoms with Crippen LogP contribution in [0, 0.1) is 11.6 Å². The summed E-state index contributed by atoms with van der Waals surface area (Å²) in [5, 5.41) is 3.07. The Balaban J connectivity index is 1.98. The van der Waals surface area contributed by atoms with E-state index in [4.69, 9.17) is 4.74 Å². The van der Waals surface area contributed by atoms with Crippen LogP contribution >= 0.6 is 0 Å². The molecule has 4 heteroatoms. The first kappa shape index (κ1) is 13.3. The van der Waals surface area contributed by atoms with Crippen molar-refractivity contribution in [3.05, 3.63) is 59.7 Å². The molecule has 19 heavy (non-hydrogen) atoms. The van der Waals surface area contributed by atoms with Crippen molar-refractivity contribution >= 4 is 5.69 Å². The summed E-state index contributed by atoms with van der Waals surface area (Å²) in [7, 11) is 0. The molecule has 0 aliphatic rings. The molecule has 0 saturated heterocycles. The molecule has 0 spiro atoms. The maximum absolute atomic E-state index is 13.4. The summed E-state index contributed by atoms with van der Waals surface area (Å²) >= 11 is 0. The van der Waals surface area contributed by atoms with Crippen molar-refractivity contribution in [2.75, 3.05) is 11.9 Å². The number of rotatable bonds is 5. The molecule has 2 aromatic carbocycles. The van der Waals surface area contributed by atoms with Gasteiger partial charge in [0.15, 0.2) is 0 Å². The van der Waals surface area contributed by atoms with Crippen molar-refractivity contribution in [1.82, 2.24) is 0 Å². The fourth-order valence-electron chi connectivity index (χ4n) is 1.70. The van der Waals surface area contributed by atoms with Crippen molar-refractivity contribution in [2.45, 2.75) is 13.5 Å². The molecule has 100 valence electrons. The predicted molar refractivity (Wildman–Crippen MR) is 71.3 cm³/mol. The normalized spacial score (nSPS) is 10.3. The molecular formula is C15H15F2NO. The molecule has 0 saturated carbocycles. The van der Waals surface area contributed by atoms with E-state index < -0.39 is 11.6 Å². The second-order valence-electron chi connectivity index (χ2n) is 4.05. The molecule has 0 aromatic heterocycles. The van der Waals surface area contributed by atoms with Gasteiger partial charge < -0.3 is 10.1 Å². The van der Waals surface area contributed by atoms with Crippen LogP contribution in [0.3, 0.4) is 0 Å². The van der Waals surface area contributed by atoms with Crippen LogP contribution in [0.2, 0.25) is 0 Å². The largest absolute Gasteiger partial charge is 0.494 e. The first-order valence-electron chi connectivity index (χ1n) is 6.09. The van der Waals surface area contributed by atoms with E-state index in [9.17, 15) is 8.78 Å². The highest BCUT2D eigenvalue weighted by molar-refractivity contribution is 5.46. The lowest BCUT2D eigenvalue weighted by Gasteiger charge is -2.09.